The van der Waals surface area contributed by atoms with Gasteiger partial charge >= 0.3 is 14.2 Å². The number of aliphatic hydroxyl groups excluding tert-OH is 2. The summed E-state index contributed by atoms with van der Waals surface area (Å²) in [5, 5.41) is 22.6. The van der Waals surface area contributed by atoms with Gasteiger partial charge in [0.1, 0.15) is 11.7 Å². The van der Waals surface area contributed by atoms with Crippen molar-refractivity contribution in [2.45, 2.75) is 30.4 Å². The van der Waals surface area contributed by atoms with Crippen LogP contribution in [0.2, 0.25) is 0 Å². The summed E-state index contributed by atoms with van der Waals surface area (Å²) >= 11 is 0. The minimum atomic E-state index is -2.49. The molecule has 0 radical (unpaired) electrons. The molecule has 3 aliphatic rings. The van der Waals surface area contributed by atoms with Crippen LogP contribution < -0.4 is 5.32 Å². The fraction of sp³-hybridized carbons (Fsp3) is 0.429. The van der Waals surface area contributed by atoms with Crippen molar-refractivity contribution in [3.63, 3.8) is 0 Å². The van der Waals surface area contributed by atoms with Gasteiger partial charge in [0, 0.05) is 10.8 Å². The molecule has 1 aromatic carbocycles. The minimum Gasteiger partial charge on any atom is -0.449 e. The lowest BCUT2D eigenvalue weighted by Crippen LogP contribution is -2.58. The Morgan fingerprint density at radius 2 is 2.15 bits per heavy atom. The van der Waals surface area contributed by atoms with Gasteiger partial charge in [-0.3, -0.25) is 4.79 Å². The quantitative estimate of drug-likeness (QED) is 0.259. The van der Waals surface area contributed by atoms with Crippen LogP contribution in [-0.2, 0) is 32.6 Å². The average Bonchev–Trinajstić information content (AvgIpc) is 3.35. The van der Waals surface area contributed by atoms with Crippen LogP contribution in [0.5, 0.6) is 0 Å². The number of carbonyl (C=O) groups is 2. The molecule has 0 saturated carbocycles. The van der Waals surface area contributed by atoms with E-state index in [0.29, 0.717) is 5.56 Å². The number of ether oxygens (including phenoxy) is 3. The second-order valence-corrected chi connectivity index (χ2v) is 8.54. The van der Waals surface area contributed by atoms with Crippen molar-refractivity contribution in [3.05, 3.63) is 47.7 Å². The predicted molar refractivity (Wildman–Crippen MR) is 112 cm³/mol. The molecule has 3 heterocycles. The van der Waals surface area contributed by atoms with E-state index in [2.05, 4.69) is 21.7 Å². The number of aliphatic hydroxyl groups is 2. The first-order valence-corrected chi connectivity index (χ1v) is 11.3. The largest absolute Gasteiger partial charge is 0.697 e. The van der Waals surface area contributed by atoms with Gasteiger partial charge in [0.25, 0.3) is 5.91 Å². The lowest BCUT2D eigenvalue weighted by Gasteiger charge is -2.39. The number of nitrogens with one attached hydrogen (secondary N) is 1. The molecular formula is C21H22N2O10P+. The van der Waals surface area contributed by atoms with E-state index in [1.54, 1.807) is 30.3 Å². The molecule has 1 amide bonds. The van der Waals surface area contributed by atoms with Crippen molar-refractivity contribution < 1.29 is 47.6 Å². The number of esters is 1. The fourth-order valence-electron chi connectivity index (χ4n) is 3.78. The predicted octanol–water partition coefficient (Wildman–Crippen LogP) is -0.386. The molecule has 0 aromatic heterocycles. The van der Waals surface area contributed by atoms with Gasteiger partial charge in [-0.05, 0) is 12.1 Å². The van der Waals surface area contributed by atoms with Gasteiger partial charge in [0.15, 0.2) is 24.5 Å². The zero-order chi connectivity index (χ0) is 24.3. The maximum absolute atomic E-state index is 12.3. The zero-order valence-electron chi connectivity index (χ0n) is 17.9. The van der Waals surface area contributed by atoms with Crippen molar-refractivity contribution in [1.29, 1.82) is 0 Å². The molecule has 3 aliphatic heterocycles. The minimum absolute atomic E-state index is 0.0261. The second kappa shape index (κ2) is 10.2. The summed E-state index contributed by atoms with van der Waals surface area (Å²) in [4.78, 5) is 25.5. The molecule has 3 N–H and O–H groups in total. The highest BCUT2D eigenvalue weighted by Crippen LogP contribution is 2.47. The summed E-state index contributed by atoms with van der Waals surface area (Å²) in [6.07, 6.45) is -3.04. The maximum atomic E-state index is 12.3. The monoisotopic (exact) mass is 493 g/mol. The van der Waals surface area contributed by atoms with Crippen molar-refractivity contribution in [2.24, 2.45) is 0 Å². The number of rotatable bonds is 7. The molecular weight excluding hydrogens is 471 g/mol. The Morgan fingerprint density at radius 3 is 2.85 bits per heavy atom. The van der Waals surface area contributed by atoms with Gasteiger partial charge in [0.05, 0.1) is 25.9 Å². The van der Waals surface area contributed by atoms with Crippen LogP contribution in [0.4, 0.5) is 0 Å². The first-order valence-electron chi connectivity index (χ1n) is 10.2. The SMILES string of the molecule is CO[P+](=O)OC1C2OCC1(CO)OC2N1C=C(C#CCOC(=O)c2ccccc2)C(=O)NC1O. The number of amides is 1. The molecule has 12 nitrogen and oxygen atoms in total. The Hall–Kier alpha value is -2.88. The van der Waals surface area contributed by atoms with Crippen LogP contribution in [0.25, 0.3) is 0 Å². The number of carbonyl (C=O) groups excluding carboxylic acids is 2. The van der Waals surface area contributed by atoms with E-state index < -0.39 is 57.1 Å². The summed E-state index contributed by atoms with van der Waals surface area (Å²) in [5.41, 5.74) is -0.997. The van der Waals surface area contributed by atoms with E-state index in [1.807, 2.05) is 0 Å². The normalized spacial score (nSPS) is 30.2. The third kappa shape index (κ3) is 4.68. The van der Waals surface area contributed by atoms with E-state index >= 15 is 0 Å². The van der Waals surface area contributed by atoms with Gasteiger partial charge in [0.2, 0.25) is 6.35 Å². The molecule has 2 bridgehead atoms. The Morgan fingerprint density at radius 1 is 1.38 bits per heavy atom. The molecule has 6 unspecified atom stereocenters. The molecule has 13 heteroatoms. The average molecular weight is 493 g/mol. The Bertz CT molecular complexity index is 1050. The highest BCUT2D eigenvalue weighted by molar-refractivity contribution is 7.33. The van der Waals surface area contributed by atoms with E-state index in [9.17, 15) is 24.4 Å². The first kappa shape index (κ1) is 24.3. The van der Waals surface area contributed by atoms with Crippen LogP contribution in [-0.4, -0.2) is 84.3 Å². The number of nitrogens with zero attached hydrogens (tertiary/aromatic N) is 1. The van der Waals surface area contributed by atoms with Crippen molar-refractivity contribution in [1.82, 2.24) is 10.2 Å². The van der Waals surface area contributed by atoms with Gasteiger partial charge in [-0.25, -0.2) is 4.79 Å². The standard InChI is InChI=1S/C21H21N2O10P/c1-29-34(28)33-16-15-18(32-21(16,11-24)12-31-15)23-10-14(17(25)22-20(23)27)8-5-9-30-19(26)13-6-3-2-4-7-13/h2-4,6-7,10,15-16,18,20,24,27H,9,11-12H2,1H3/p+1. The summed E-state index contributed by atoms with van der Waals surface area (Å²) < 4.78 is 38.5. The third-order valence-electron chi connectivity index (χ3n) is 5.46. The maximum Gasteiger partial charge on any atom is 0.697 e. The molecule has 2 saturated heterocycles. The van der Waals surface area contributed by atoms with E-state index in [0.717, 1.165) is 0 Å². The van der Waals surface area contributed by atoms with Crippen LogP contribution in [0, 0.1) is 11.8 Å². The Kier molecular flexibility index (Phi) is 7.25. The Labute approximate surface area is 195 Å². The topological polar surface area (TPSA) is 153 Å². The Balaban J connectivity index is 1.47. The summed E-state index contributed by atoms with van der Waals surface area (Å²) in [7, 11) is -1.28. The number of benzene rings is 1. The van der Waals surface area contributed by atoms with Gasteiger partial charge < -0.3 is 34.6 Å². The van der Waals surface area contributed by atoms with Crippen molar-refractivity contribution >= 4 is 20.1 Å². The smallest absolute Gasteiger partial charge is 0.449 e. The molecule has 2 fully saturated rings. The number of hydrogen-bond acceptors (Lipinski definition) is 11. The van der Waals surface area contributed by atoms with Gasteiger partial charge in [-0.15, -0.1) is 9.05 Å². The highest BCUT2D eigenvalue weighted by Gasteiger charge is 2.67. The van der Waals surface area contributed by atoms with E-state index in [1.165, 1.54) is 18.2 Å². The summed E-state index contributed by atoms with van der Waals surface area (Å²) in [6.45, 7) is -0.793. The van der Waals surface area contributed by atoms with Crippen LogP contribution in [0.3, 0.4) is 0 Å². The van der Waals surface area contributed by atoms with Crippen LogP contribution >= 0.6 is 8.25 Å². The fourth-order valence-corrected chi connectivity index (χ4v) is 4.37. The van der Waals surface area contributed by atoms with Crippen LogP contribution in [0.1, 0.15) is 10.4 Å². The zero-order valence-corrected chi connectivity index (χ0v) is 18.8. The molecule has 0 spiro atoms. The van der Waals surface area contributed by atoms with E-state index in [-0.39, 0.29) is 18.8 Å². The van der Waals surface area contributed by atoms with Gasteiger partial charge in [-0.2, -0.15) is 0 Å². The molecule has 4 rings (SSSR count). The van der Waals surface area contributed by atoms with Gasteiger partial charge in [-0.1, -0.05) is 30.0 Å². The van der Waals surface area contributed by atoms with Crippen molar-refractivity contribution in [2.75, 3.05) is 26.9 Å². The molecule has 6 atom stereocenters. The molecule has 34 heavy (non-hydrogen) atoms. The molecule has 1 aromatic rings. The highest BCUT2D eigenvalue weighted by atomic mass is 31.1. The number of fused-ring (bicyclic) bond motifs is 2. The molecule has 0 aliphatic carbocycles. The third-order valence-corrected chi connectivity index (χ3v) is 6.15. The first-order chi connectivity index (χ1) is 16.4. The molecule has 180 valence electrons. The summed E-state index contributed by atoms with van der Waals surface area (Å²) in [6, 6.07) is 8.37. The second-order valence-electron chi connectivity index (χ2n) is 7.52. The van der Waals surface area contributed by atoms with Crippen molar-refractivity contribution in [3.8, 4) is 11.8 Å². The lowest BCUT2D eigenvalue weighted by atomic mass is 10.0. The van der Waals surface area contributed by atoms with Crippen LogP contribution in [0.15, 0.2) is 42.1 Å². The van der Waals surface area contributed by atoms with E-state index in [4.69, 9.17) is 18.7 Å². The lowest BCUT2D eigenvalue weighted by molar-refractivity contribution is -0.223. The number of hydrogen-bond donors (Lipinski definition) is 3. The summed E-state index contributed by atoms with van der Waals surface area (Å²) in [5.74, 6) is 3.97.